The normalized spacial score (nSPS) is 10.9. The largest absolute Gasteiger partial charge is 0.478 e. The zero-order chi connectivity index (χ0) is 16.8. The molecule has 0 saturated carbocycles. The van der Waals surface area contributed by atoms with Crippen LogP contribution in [0.25, 0.3) is 17.4 Å². The monoisotopic (exact) mass is 311 g/mol. The van der Waals surface area contributed by atoms with E-state index in [9.17, 15) is 14.7 Å². The highest BCUT2D eigenvalue weighted by Gasteiger charge is 2.15. The van der Waals surface area contributed by atoms with Crippen molar-refractivity contribution in [2.75, 3.05) is 6.61 Å². The van der Waals surface area contributed by atoms with Gasteiger partial charge in [-0.3, -0.25) is 0 Å². The van der Waals surface area contributed by atoms with Gasteiger partial charge in [-0.2, -0.15) is 5.26 Å². The molecule has 2 rings (SSSR count). The third-order valence-corrected chi connectivity index (χ3v) is 2.95. The van der Waals surface area contributed by atoms with Crippen molar-refractivity contribution in [2.24, 2.45) is 0 Å². The summed E-state index contributed by atoms with van der Waals surface area (Å²) in [4.78, 5) is 22.8. The van der Waals surface area contributed by atoms with E-state index in [1.54, 1.807) is 43.3 Å². The van der Waals surface area contributed by atoms with Gasteiger partial charge in [-0.1, -0.05) is 18.2 Å². The number of rotatable bonds is 5. The van der Waals surface area contributed by atoms with Crippen molar-refractivity contribution in [2.45, 2.75) is 6.92 Å². The van der Waals surface area contributed by atoms with Crippen molar-refractivity contribution in [1.29, 1.82) is 5.26 Å². The Morgan fingerprint density at radius 2 is 2.04 bits per heavy atom. The molecular weight excluding hydrogens is 298 g/mol. The van der Waals surface area contributed by atoms with Crippen molar-refractivity contribution >= 4 is 18.0 Å². The molecule has 1 aromatic heterocycles. The lowest BCUT2D eigenvalue weighted by molar-refractivity contribution is -0.137. The third kappa shape index (κ3) is 3.66. The van der Waals surface area contributed by atoms with Gasteiger partial charge in [-0.05, 0) is 25.1 Å². The maximum Gasteiger partial charge on any atom is 0.349 e. The smallest absolute Gasteiger partial charge is 0.349 e. The lowest BCUT2D eigenvalue weighted by Crippen LogP contribution is -2.05. The summed E-state index contributed by atoms with van der Waals surface area (Å²) in [6, 6.07) is 11.3. The molecule has 0 atom stereocenters. The van der Waals surface area contributed by atoms with E-state index in [0.29, 0.717) is 11.3 Å². The maximum absolute atomic E-state index is 11.6. The molecule has 1 N–H and O–H groups in total. The molecule has 0 amide bonds. The van der Waals surface area contributed by atoms with Crippen LogP contribution >= 0.6 is 0 Å². The minimum atomic E-state index is -1.07. The molecule has 2 aromatic rings. The van der Waals surface area contributed by atoms with Gasteiger partial charge < -0.3 is 14.3 Å². The molecule has 0 saturated heterocycles. The first-order valence-electron chi connectivity index (χ1n) is 6.78. The number of furan rings is 1. The number of nitriles is 1. The predicted octanol–water partition coefficient (Wildman–Crippen LogP) is 3.11. The van der Waals surface area contributed by atoms with Gasteiger partial charge in [0.1, 0.15) is 23.2 Å². The second-order valence-electron chi connectivity index (χ2n) is 4.44. The number of nitrogens with zero attached hydrogens (tertiary/aromatic N) is 1. The zero-order valence-corrected chi connectivity index (χ0v) is 12.3. The molecule has 0 spiro atoms. The lowest BCUT2D eigenvalue weighted by Gasteiger charge is -2.02. The number of aromatic carboxylic acids is 1. The highest BCUT2D eigenvalue weighted by molar-refractivity contribution is 5.98. The molecule has 116 valence electrons. The molecule has 1 heterocycles. The molecule has 23 heavy (non-hydrogen) atoms. The van der Waals surface area contributed by atoms with Crippen molar-refractivity contribution in [1.82, 2.24) is 0 Å². The predicted molar refractivity (Wildman–Crippen MR) is 81.3 cm³/mol. The molecule has 0 bridgehead atoms. The average molecular weight is 311 g/mol. The van der Waals surface area contributed by atoms with Crippen LogP contribution in [0.4, 0.5) is 0 Å². The molecule has 0 aliphatic rings. The molecule has 0 fully saturated rings. The van der Waals surface area contributed by atoms with E-state index in [0.717, 1.165) is 0 Å². The van der Waals surface area contributed by atoms with Gasteiger partial charge >= 0.3 is 11.9 Å². The maximum atomic E-state index is 11.6. The standard InChI is InChI=1S/C17H13NO5/c1-2-22-17(21)11(10-18)9-12-7-8-15(23-12)13-5-3-4-6-14(13)16(19)20/h3-9H,2H2,1H3,(H,19,20)/b11-9-. The number of ether oxygens (including phenoxy) is 1. The number of carbonyl (C=O) groups excluding carboxylic acids is 1. The molecular formula is C17H13NO5. The summed E-state index contributed by atoms with van der Waals surface area (Å²) in [7, 11) is 0. The minimum absolute atomic E-state index is 0.100. The molecule has 0 aliphatic carbocycles. The van der Waals surface area contributed by atoms with Gasteiger partial charge in [0, 0.05) is 11.6 Å². The van der Waals surface area contributed by atoms with Crippen LogP contribution in [0.2, 0.25) is 0 Å². The van der Waals surface area contributed by atoms with Gasteiger partial charge in [0.25, 0.3) is 0 Å². The van der Waals surface area contributed by atoms with Crippen molar-refractivity contribution < 1.29 is 23.8 Å². The zero-order valence-electron chi connectivity index (χ0n) is 12.3. The Hall–Kier alpha value is -3.33. The second-order valence-corrected chi connectivity index (χ2v) is 4.44. The van der Waals surface area contributed by atoms with E-state index in [4.69, 9.17) is 14.4 Å². The molecule has 0 aliphatic heterocycles. The van der Waals surface area contributed by atoms with Crippen molar-refractivity contribution in [3.8, 4) is 17.4 Å². The Balaban J connectivity index is 2.37. The van der Waals surface area contributed by atoms with Gasteiger partial charge in [0.15, 0.2) is 0 Å². The van der Waals surface area contributed by atoms with Gasteiger partial charge in [0.2, 0.25) is 0 Å². The summed E-state index contributed by atoms with van der Waals surface area (Å²) in [6.07, 6.45) is 1.25. The topological polar surface area (TPSA) is 101 Å². The molecule has 6 nitrogen and oxygen atoms in total. The van der Waals surface area contributed by atoms with E-state index in [2.05, 4.69) is 0 Å². The van der Waals surface area contributed by atoms with Gasteiger partial charge in [-0.15, -0.1) is 0 Å². The van der Waals surface area contributed by atoms with E-state index in [1.165, 1.54) is 12.1 Å². The first kappa shape index (κ1) is 16.0. The van der Waals surface area contributed by atoms with E-state index >= 15 is 0 Å². The summed E-state index contributed by atoms with van der Waals surface area (Å²) in [5, 5.41) is 18.2. The first-order valence-corrected chi connectivity index (χ1v) is 6.78. The summed E-state index contributed by atoms with van der Waals surface area (Å²) in [5.74, 6) is -1.22. The molecule has 0 unspecified atom stereocenters. The van der Waals surface area contributed by atoms with Crippen LogP contribution in [-0.4, -0.2) is 23.7 Å². The highest BCUT2D eigenvalue weighted by Crippen LogP contribution is 2.26. The van der Waals surface area contributed by atoms with E-state index in [1.807, 2.05) is 0 Å². The number of carbonyl (C=O) groups is 2. The Morgan fingerprint density at radius 1 is 1.30 bits per heavy atom. The van der Waals surface area contributed by atoms with Crippen LogP contribution in [0, 0.1) is 11.3 Å². The fourth-order valence-corrected chi connectivity index (χ4v) is 1.95. The van der Waals surface area contributed by atoms with E-state index < -0.39 is 11.9 Å². The number of carboxylic acids is 1. The molecule has 0 radical (unpaired) electrons. The average Bonchev–Trinajstić information content (AvgIpc) is 3.01. The fraction of sp³-hybridized carbons (Fsp3) is 0.118. The van der Waals surface area contributed by atoms with Crippen LogP contribution in [-0.2, 0) is 9.53 Å². The van der Waals surface area contributed by atoms with Crippen LogP contribution in [0.1, 0.15) is 23.0 Å². The number of hydrogen-bond acceptors (Lipinski definition) is 5. The second kappa shape index (κ2) is 7.09. The van der Waals surface area contributed by atoms with E-state index in [-0.39, 0.29) is 23.5 Å². The summed E-state index contributed by atoms with van der Waals surface area (Å²) >= 11 is 0. The van der Waals surface area contributed by atoms with Crippen LogP contribution in [0.15, 0.2) is 46.4 Å². The first-order chi connectivity index (χ1) is 11.1. The van der Waals surface area contributed by atoms with Crippen LogP contribution in [0.5, 0.6) is 0 Å². The summed E-state index contributed by atoms with van der Waals surface area (Å²) in [6.45, 7) is 1.80. The highest BCUT2D eigenvalue weighted by atomic mass is 16.5. The molecule has 1 aromatic carbocycles. The Labute approximate surface area is 132 Å². The number of esters is 1. The number of hydrogen-bond donors (Lipinski definition) is 1. The third-order valence-electron chi connectivity index (χ3n) is 2.95. The Bertz CT molecular complexity index is 810. The fourth-order valence-electron chi connectivity index (χ4n) is 1.95. The number of carboxylic acid groups (broad SMARTS) is 1. The van der Waals surface area contributed by atoms with Crippen molar-refractivity contribution in [3.63, 3.8) is 0 Å². The quantitative estimate of drug-likeness (QED) is 0.517. The number of benzene rings is 1. The minimum Gasteiger partial charge on any atom is -0.478 e. The van der Waals surface area contributed by atoms with Gasteiger partial charge in [0.05, 0.1) is 12.2 Å². The lowest BCUT2D eigenvalue weighted by atomic mass is 10.1. The molecule has 6 heteroatoms. The SMILES string of the molecule is CCOC(=O)/C(C#N)=C\c1ccc(-c2ccccc2C(=O)O)o1. The Morgan fingerprint density at radius 3 is 2.70 bits per heavy atom. The van der Waals surface area contributed by atoms with Crippen LogP contribution < -0.4 is 0 Å². The van der Waals surface area contributed by atoms with Gasteiger partial charge in [-0.25, -0.2) is 9.59 Å². The Kier molecular flexibility index (Phi) is 4.95. The summed E-state index contributed by atoms with van der Waals surface area (Å²) < 4.78 is 10.3. The van der Waals surface area contributed by atoms with Crippen molar-refractivity contribution in [3.05, 3.63) is 53.3 Å². The summed E-state index contributed by atoms with van der Waals surface area (Å²) in [5.41, 5.74) is 0.317. The van der Waals surface area contributed by atoms with Crippen LogP contribution in [0.3, 0.4) is 0 Å².